The van der Waals surface area contributed by atoms with Gasteiger partial charge >= 0.3 is 6.03 Å². The van der Waals surface area contributed by atoms with E-state index in [1.165, 1.54) is 17.5 Å². The van der Waals surface area contributed by atoms with Crippen molar-refractivity contribution in [1.82, 2.24) is 9.55 Å². The number of urea groups is 1. The lowest BCUT2D eigenvalue weighted by molar-refractivity contribution is 0.200. The smallest absolute Gasteiger partial charge is 0.319 e. The largest absolute Gasteiger partial charge is 0.351 e. The molecule has 2 aromatic heterocycles. The van der Waals surface area contributed by atoms with Crippen LogP contribution in [0.2, 0.25) is 0 Å². The SMILES string of the molecule is CC(C)c1cccc(C(C)C)c1N(CC1(n2ccc3cccnc32)CCCCC1)C(N)=O. The third kappa shape index (κ3) is 4.01. The molecule has 1 aliphatic rings. The van der Waals surface area contributed by atoms with Gasteiger partial charge in [0.15, 0.2) is 0 Å². The zero-order chi connectivity index (χ0) is 22.9. The van der Waals surface area contributed by atoms with E-state index in [1.807, 2.05) is 17.2 Å². The molecule has 0 atom stereocenters. The van der Waals surface area contributed by atoms with Crippen LogP contribution in [0.1, 0.15) is 82.8 Å². The number of rotatable bonds is 6. The number of nitrogens with zero attached hydrogens (tertiary/aromatic N) is 3. The Morgan fingerprint density at radius 3 is 2.28 bits per heavy atom. The zero-order valence-corrected chi connectivity index (χ0v) is 19.8. The zero-order valence-electron chi connectivity index (χ0n) is 19.8. The van der Waals surface area contributed by atoms with E-state index in [1.54, 1.807) is 0 Å². The highest BCUT2D eigenvalue weighted by Crippen LogP contribution is 2.42. The molecule has 2 amide bonds. The Kier molecular flexibility index (Phi) is 6.27. The van der Waals surface area contributed by atoms with Crippen LogP contribution in [0.5, 0.6) is 0 Å². The summed E-state index contributed by atoms with van der Waals surface area (Å²) in [7, 11) is 0. The number of amides is 2. The first-order chi connectivity index (χ1) is 15.3. The number of fused-ring (bicyclic) bond motifs is 1. The minimum absolute atomic E-state index is 0.221. The lowest BCUT2D eigenvalue weighted by Crippen LogP contribution is -2.50. The lowest BCUT2D eigenvalue weighted by atomic mass is 9.80. The minimum Gasteiger partial charge on any atom is -0.351 e. The summed E-state index contributed by atoms with van der Waals surface area (Å²) in [5.41, 5.74) is 10.2. The number of hydrogen-bond acceptors (Lipinski definition) is 2. The summed E-state index contributed by atoms with van der Waals surface area (Å²) in [4.78, 5) is 19.6. The molecule has 1 fully saturated rings. The average Bonchev–Trinajstić information content (AvgIpc) is 3.22. The maximum Gasteiger partial charge on any atom is 0.319 e. The molecule has 3 aromatic rings. The Balaban J connectivity index is 1.87. The van der Waals surface area contributed by atoms with E-state index in [-0.39, 0.29) is 11.6 Å². The number of pyridine rings is 1. The van der Waals surface area contributed by atoms with Gasteiger partial charge in [0.2, 0.25) is 0 Å². The van der Waals surface area contributed by atoms with Gasteiger partial charge in [-0.15, -0.1) is 0 Å². The molecule has 4 rings (SSSR count). The maximum absolute atomic E-state index is 13.0. The summed E-state index contributed by atoms with van der Waals surface area (Å²) in [6.07, 6.45) is 9.54. The van der Waals surface area contributed by atoms with Crippen LogP contribution in [0.25, 0.3) is 11.0 Å². The van der Waals surface area contributed by atoms with Gasteiger partial charge < -0.3 is 10.3 Å². The number of carbonyl (C=O) groups is 1. The first kappa shape index (κ1) is 22.4. The maximum atomic E-state index is 13.0. The van der Waals surface area contributed by atoms with E-state index in [2.05, 4.69) is 68.8 Å². The van der Waals surface area contributed by atoms with Gasteiger partial charge in [-0.1, -0.05) is 65.2 Å². The van der Waals surface area contributed by atoms with Crippen molar-refractivity contribution in [3.8, 4) is 0 Å². The number of nitrogens with two attached hydrogens (primary N) is 1. The molecule has 32 heavy (non-hydrogen) atoms. The summed E-state index contributed by atoms with van der Waals surface area (Å²) in [6.45, 7) is 9.29. The van der Waals surface area contributed by atoms with Crippen molar-refractivity contribution in [2.75, 3.05) is 11.4 Å². The molecule has 5 heteroatoms. The molecule has 0 radical (unpaired) electrons. The molecule has 2 heterocycles. The van der Waals surface area contributed by atoms with Gasteiger partial charge in [0.05, 0.1) is 17.8 Å². The number of para-hydroxylation sites is 1. The first-order valence-electron chi connectivity index (χ1n) is 12.0. The van der Waals surface area contributed by atoms with Crippen molar-refractivity contribution >= 4 is 22.8 Å². The van der Waals surface area contributed by atoms with E-state index in [0.717, 1.165) is 42.4 Å². The van der Waals surface area contributed by atoms with E-state index >= 15 is 0 Å². The number of anilines is 1. The quantitative estimate of drug-likeness (QED) is 0.481. The topological polar surface area (TPSA) is 64.2 Å². The summed E-state index contributed by atoms with van der Waals surface area (Å²) >= 11 is 0. The summed E-state index contributed by atoms with van der Waals surface area (Å²) in [5.74, 6) is 0.587. The van der Waals surface area contributed by atoms with Crippen LogP contribution in [-0.4, -0.2) is 22.1 Å². The van der Waals surface area contributed by atoms with E-state index in [4.69, 9.17) is 10.7 Å². The van der Waals surface area contributed by atoms with Gasteiger partial charge in [-0.3, -0.25) is 4.90 Å². The van der Waals surface area contributed by atoms with Crippen molar-refractivity contribution in [3.63, 3.8) is 0 Å². The van der Waals surface area contributed by atoms with E-state index in [9.17, 15) is 4.79 Å². The fourth-order valence-corrected chi connectivity index (χ4v) is 5.42. The van der Waals surface area contributed by atoms with Gasteiger partial charge in [0.1, 0.15) is 5.65 Å². The molecular formula is C27H36N4O. The second-order valence-electron chi connectivity index (χ2n) is 9.91. The molecule has 5 nitrogen and oxygen atoms in total. The molecule has 0 spiro atoms. The molecule has 170 valence electrons. The minimum atomic E-state index is -0.380. The second-order valence-corrected chi connectivity index (χ2v) is 9.91. The molecule has 1 saturated carbocycles. The highest BCUT2D eigenvalue weighted by Gasteiger charge is 2.39. The van der Waals surface area contributed by atoms with Crippen molar-refractivity contribution < 1.29 is 4.79 Å². The van der Waals surface area contributed by atoms with Gasteiger partial charge in [-0.25, -0.2) is 9.78 Å². The standard InChI is InChI=1S/C27H36N4O/c1-19(2)22-11-8-12-23(20(3)4)24(22)30(26(28)32)18-27(14-6-5-7-15-27)31-17-13-21-10-9-16-29-25(21)31/h8-13,16-17,19-20H,5-7,14-15,18H2,1-4H3,(H2,28,32). The summed E-state index contributed by atoms with van der Waals surface area (Å²) in [6, 6.07) is 12.2. The van der Waals surface area contributed by atoms with Crippen molar-refractivity contribution in [2.24, 2.45) is 5.73 Å². The number of benzene rings is 1. The fraction of sp³-hybridized carbons (Fsp3) is 0.481. The van der Waals surface area contributed by atoms with Crippen molar-refractivity contribution in [2.45, 2.75) is 77.2 Å². The molecule has 1 aromatic carbocycles. The Morgan fingerprint density at radius 1 is 1.03 bits per heavy atom. The molecular weight excluding hydrogens is 396 g/mol. The Bertz CT molecular complexity index is 1070. The monoisotopic (exact) mass is 432 g/mol. The third-order valence-corrected chi connectivity index (χ3v) is 7.07. The number of aromatic nitrogens is 2. The average molecular weight is 433 g/mol. The Hall–Kier alpha value is -2.82. The van der Waals surface area contributed by atoms with Gasteiger partial charge in [0, 0.05) is 17.8 Å². The lowest BCUT2D eigenvalue weighted by Gasteiger charge is -2.43. The number of hydrogen-bond donors (Lipinski definition) is 1. The van der Waals surface area contributed by atoms with Gasteiger partial charge in [-0.05, 0) is 54.0 Å². The molecule has 2 N–H and O–H groups in total. The fourth-order valence-electron chi connectivity index (χ4n) is 5.42. The highest BCUT2D eigenvalue weighted by atomic mass is 16.2. The number of carbonyl (C=O) groups excluding carboxylic acids is 1. The molecule has 0 aliphatic heterocycles. The highest BCUT2D eigenvalue weighted by molar-refractivity contribution is 5.93. The van der Waals surface area contributed by atoms with Crippen LogP contribution in [0.4, 0.5) is 10.5 Å². The van der Waals surface area contributed by atoms with Crippen LogP contribution in [0.3, 0.4) is 0 Å². The van der Waals surface area contributed by atoms with Crippen LogP contribution < -0.4 is 10.6 Å². The van der Waals surface area contributed by atoms with E-state index in [0.29, 0.717) is 18.4 Å². The van der Waals surface area contributed by atoms with Gasteiger partial charge in [0.25, 0.3) is 0 Å². The molecule has 1 aliphatic carbocycles. The third-order valence-electron chi connectivity index (χ3n) is 7.07. The Labute approximate surface area is 191 Å². The Morgan fingerprint density at radius 2 is 1.69 bits per heavy atom. The second kappa shape index (κ2) is 8.97. The van der Waals surface area contributed by atoms with Crippen molar-refractivity contribution in [3.05, 3.63) is 59.9 Å². The molecule has 0 saturated heterocycles. The molecule has 0 unspecified atom stereocenters. The van der Waals surface area contributed by atoms with Crippen molar-refractivity contribution in [1.29, 1.82) is 0 Å². The predicted octanol–water partition coefficient (Wildman–Crippen LogP) is 6.53. The van der Waals surface area contributed by atoms with Crippen LogP contribution in [0, 0.1) is 0 Å². The van der Waals surface area contributed by atoms with Crippen LogP contribution >= 0.6 is 0 Å². The molecule has 0 bridgehead atoms. The van der Waals surface area contributed by atoms with Crippen LogP contribution in [0.15, 0.2) is 48.8 Å². The first-order valence-corrected chi connectivity index (χ1v) is 12.0. The van der Waals surface area contributed by atoms with E-state index < -0.39 is 0 Å². The normalized spacial score (nSPS) is 16.1. The number of primary amides is 1. The van der Waals surface area contributed by atoms with Gasteiger partial charge in [-0.2, -0.15) is 0 Å². The summed E-state index contributed by atoms with van der Waals surface area (Å²) in [5, 5.41) is 1.13. The van der Waals surface area contributed by atoms with Crippen LogP contribution in [-0.2, 0) is 5.54 Å². The predicted molar refractivity (Wildman–Crippen MR) is 132 cm³/mol. The summed E-state index contributed by atoms with van der Waals surface area (Å²) < 4.78 is 2.32.